The van der Waals surface area contributed by atoms with E-state index in [4.69, 9.17) is 9.84 Å². The van der Waals surface area contributed by atoms with Gasteiger partial charge in [-0.3, -0.25) is 14.4 Å². The number of Topliss-reactive ketones (excluding diaryl/α,β-unsaturated/α-hetero) is 1. The van der Waals surface area contributed by atoms with E-state index in [1.165, 1.54) is 4.90 Å². The Bertz CT molecular complexity index is 923. The number of likely N-dealkylation sites (tertiary alicyclic amines) is 1. The summed E-state index contributed by atoms with van der Waals surface area (Å²) in [7, 11) is 0. The van der Waals surface area contributed by atoms with Crippen molar-refractivity contribution in [3.05, 3.63) is 29.3 Å². The number of hydrogen-bond acceptors (Lipinski definition) is 6. The van der Waals surface area contributed by atoms with Crippen LogP contribution in [0.5, 0.6) is 5.75 Å². The number of benzene rings is 1. The number of rotatable bonds is 9. The summed E-state index contributed by atoms with van der Waals surface area (Å²) in [6.45, 7) is 2.63. The van der Waals surface area contributed by atoms with E-state index < -0.39 is 77.8 Å². The molecule has 1 aliphatic heterocycles. The zero-order valence-corrected chi connectivity index (χ0v) is 18.4. The molecule has 0 radical (unpaired) electrons. The van der Waals surface area contributed by atoms with E-state index in [0.717, 1.165) is 0 Å². The second-order valence-corrected chi connectivity index (χ2v) is 7.91. The molecule has 188 valence electrons. The van der Waals surface area contributed by atoms with Gasteiger partial charge in [0.2, 0.25) is 17.5 Å². The maximum absolute atomic E-state index is 13.7. The Kier molecular flexibility index (Phi) is 9.21. The quantitative estimate of drug-likeness (QED) is 0.401. The Balaban J connectivity index is 1.99. The van der Waals surface area contributed by atoms with Crippen LogP contribution in [0.2, 0.25) is 0 Å². The second kappa shape index (κ2) is 11.7. The predicted molar refractivity (Wildman–Crippen MR) is 107 cm³/mol. The third kappa shape index (κ3) is 7.06. The molecule has 2 N–H and O–H groups in total. The van der Waals surface area contributed by atoms with E-state index in [1.807, 2.05) is 0 Å². The van der Waals surface area contributed by atoms with Gasteiger partial charge >= 0.3 is 12.1 Å². The lowest BCUT2D eigenvalue weighted by atomic mass is 9.95. The Morgan fingerprint density at radius 3 is 2.15 bits per heavy atom. The number of carboxylic acid groups (broad SMARTS) is 1. The summed E-state index contributed by atoms with van der Waals surface area (Å²) in [5, 5.41) is 11.3. The fourth-order valence-corrected chi connectivity index (χ4v) is 3.23. The van der Waals surface area contributed by atoms with E-state index in [9.17, 15) is 36.7 Å². The van der Waals surface area contributed by atoms with Crippen LogP contribution in [0.25, 0.3) is 0 Å². The highest BCUT2D eigenvalue weighted by Crippen LogP contribution is 2.26. The molecule has 1 heterocycles. The summed E-state index contributed by atoms with van der Waals surface area (Å²) in [4.78, 5) is 49.4. The fourth-order valence-electron chi connectivity index (χ4n) is 3.23. The van der Waals surface area contributed by atoms with Crippen molar-refractivity contribution in [2.24, 2.45) is 5.92 Å². The minimum atomic E-state index is -1.87. The number of carbonyl (C=O) groups is 4. The van der Waals surface area contributed by atoms with Gasteiger partial charge in [0.1, 0.15) is 12.6 Å². The van der Waals surface area contributed by atoms with Crippen LogP contribution in [0.15, 0.2) is 6.07 Å². The van der Waals surface area contributed by atoms with Gasteiger partial charge in [-0.1, -0.05) is 0 Å². The van der Waals surface area contributed by atoms with Crippen molar-refractivity contribution >= 4 is 23.8 Å². The van der Waals surface area contributed by atoms with Crippen molar-refractivity contribution in [1.29, 1.82) is 0 Å². The van der Waals surface area contributed by atoms with E-state index in [0.29, 0.717) is 0 Å². The number of aliphatic carboxylic acids is 1. The monoisotopic (exact) mass is 492 g/mol. The zero-order valence-electron chi connectivity index (χ0n) is 18.4. The highest BCUT2D eigenvalue weighted by molar-refractivity contribution is 5.93. The Morgan fingerprint density at radius 1 is 1.09 bits per heavy atom. The summed E-state index contributed by atoms with van der Waals surface area (Å²) >= 11 is 0. The van der Waals surface area contributed by atoms with Gasteiger partial charge in [0.25, 0.3) is 0 Å². The molecule has 0 spiro atoms. The van der Waals surface area contributed by atoms with Crippen molar-refractivity contribution in [1.82, 2.24) is 10.2 Å². The van der Waals surface area contributed by atoms with Crippen LogP contribution in [0.1, 0.15) is 33.1 Å². The molecule has 0 aromatic heterocycles. The van der Waals surface area contributed by atoms with Crippen LogP contribution in [0.4, 0.5) is 22.4 Å². The van der Waals surface area contributed by atoms with Gasteiger partial charge in [-0.15, -0.1) is 0 Å². The number of nitrogens with zero attached hydrogens (tertiary/aromatic N) is 1. The highest BCUT2D eigenvalue weighted by Gasteiger charge is 2.32. The number of ketones is 1. The number of carbonyl (C=O) groups excluding carboxylic acids is 3. The molecule has 0 unspecified atom stereocenters. The third-order valence-electron chi connectivity index (χ3n) is 4.97. The first-order chi connectivity index (χ1) is 15.9. The summed E-state index contributed by atoms with van der Waals surface area (Å²) < 4.78 is 63.6. The molecule has 1 aliphatic rings. The molecule has 9 nitrogen and oxygen atoms in total. The maximum atomic E-state index is 13.7. The largest absolute Gasteiger partial charge is 0.481 e. The minimum absolute atomic E-state index is 0.0410. The van der Waals surface area contributed by atoms with E-state index in [-0.39, 0.29) is 38.1 Å². The Labute approximate surface area is 192 Å². The normalized spacial score (nSPS) is 15.1. The highest BCUT2D eigenvalue weighted by atomic mass is 19.2. The van der Waals surface area contributed by atoms with Crippen LogP contribution < -0.4 is 10.1 Å². The summed E-state index contributed by atoms with van der Waals surface area (Å²) in [5.74, 6) is -12.6. The molecule has 2 rings (SSSR count). The number of halogens is 4. The molecule has 0 bridgehead atoms. The SMILES string of the molecule is CC(C)OC(=O)N1CCC(C(=O)N[C@@H](CC(=O)O)C(=O)COc2c(F)c(F)cc(F)c2F)CC1. The molecule has 1 aromatic carbocycles. The predicted octanol–water partition coefficient (Wildman–Crippen LogP) is 2.41. The van der Waals surface area contributed by atoms with Crippen LogP contribution in [0.3, 0.4) is 0 Å². The Morgan fingerprint density at radius 2 is 1.65 bits per heavy atom. The van der Waals surface area contributed by atoms with Gasteiger partial charge in [0.05, 0.1) is 12.5 Å². The number of piperidine rings is 1. The molecule has 1 fully saturated rings. The molecule has 34 heavy (non-hydrogen) atoms. The van der Waals surface area contributed by atoms with Crippen LogP contribution >= 0.6 is 0 Å². The van der Waals surface area contributed by atoms with Gasteiger partial charge in [0, 0.05) is 25.1 Å². The fraction of sp³-hybridized carbons (Fsp3) is 0.524. The second-order valence-electron chi connectivity index (χ2n) is 7.91. The van der Waals surface area contributed by atoms with Crippen LogP contribution in [-0.4, -0.2) is 65.6 Å². The zero-order chi connectivity index (χ0) is 25.6. The number of nitrogens with one attached hydrogen (secondary N) is 1. The van der Waals surface area contributed by atoms with Crippen LogP contribution in [-0.2, 0) is 19.1 Å². The first-order valence-electron chi connectivity index (χ1n) is 10.4. The minimum Gasteiger partial charge on any atom is -0.481 e. The van der Waals surface area contributed by atoms with E-state index in [2.05, 4.69) is 10.1 Å². The first kappa shape index (κ1) is 26.9. The van der Waals surface area contributed by atoms with E-state index >= 15 is 0 Å². The first-order valence-corrected chi connectivity index (χ1v) is 10.4. The number of ether oxygens (including phenoxy) is 2. The van der Waals surface area contributed by atoms with Crippen molar-refractivity contribution in [3.63, 3.8) is 0 Å². The molecule has 0 saturated carbocycles. The average molecular weight is 492 g/mol. The average Bonchev–Trinajstić information content (AvgIpc) is 2.76. The van der Waals surface area contributed by atoms with Crippen molar-refractivity contribution < 1.29 is 51.3 Å². The third-order valence-corrected chi connectivity index (χ3v) is 4.97. The number of carboxylic acids is 1. The standard InChI is InChI=1S/C21H24F4N2O7/c1-10(2)34-21(32)27-5-3-11(4-6-27)20(31)26-14(8-16(29)30)15(28)9-33-19-17(24)12(22)7-13(23)18(19)25/h7,10-11,14H,3-6,8-9H2,1-2H3,(H,26,31)(H,29,30)/t14-/m0/s1. The summed E-state index contributed by atoms with van der Waals surface area (Å²) in [6.07, 6.45) is -1.26. The van der Waals surface area contributed by atoms with E-state index in [1.54, 1.807) is 13.8 Å². The van der Waals surface area contributed by atoms with Crippen molar-refractivity contribution in [3.8, 4) is 5.75 Å². The molecular formula is C21H24F4N2O7. The molecule has 1 atom stereocenters. The van der Waals surface area contributed by atoms with Gasteiger partial charge in [-0.2, -0.15) is 8.78 Å². The topological polar surface area (TPSA) is 122 Å². The number of hydrogen-bond donors (Lipinski definition) is 2. The maximum Gasteiger partial charge on any atom is 0.410 e. The lowest BCUT2D eigenvalue weighted by Gasteiger charge is -2.31. The van der Waals surface area contributed by atoms with Crippen LogP contribution in [0, 0.1) is 29.2 Å². The summed E-state index contributed by atoms with van der Waals surface area (Å²) in [5.41, 5.74) is 0. The van der Waals surface area contributed by atoms with Crippen molar-refractivity contribution in [2.75, 3.05) is 19.7 Å². The molecule has 2 amide bonds. The molecule has 0 aliphatic carbocycles. The lowest BCUT2D eigenvalue weighted by Crippen LogP contribution is -2.49. The molecule has 1 aromatic rings. The molecule has 13 heteroatoms. The number of amides is 2. The smallest absolute Gasteiger partial charge is 0.410 e. The lowest BCUT2D eigenvalue weighted by molar-refractivity contribution is -0.141. The Hall–Kier alpha value is -3.38. The van der Waals surface area contributed by atoms with Gasteiger partial charge in [0.15, 0.2) is 23.2 Å². The van der Waals surface area contributed by atoms with Gasteiger partial charge < -0.3 is 24.8 Å². The molecule has 1 saturated heterocycles. The summed E-state index contributed by atoms with van der Waals surface area (Å²) in [6, 6.07) is -1.67. The van der Waals surface area contributed by atoms with Gasteiger partial charge in [-0.05, 0) is 26.7 Å². The molecular weight excluding hydrogens is 468 g/mol. The van der Waals surface area contributed by atoms with Gasteiger partial charge in [-0.25, -0.2) is 13.6 Å². The van der Waals surface area contributed by atoms with Crippen molar-refractivity contribution in [2.45, 2.75) is 45.3 Å².